The molecule has 3 heteroatoms. The molecule has 0 spiro atoms. The van der Waals surface area contributed by atoms with E-state index in [-0.39, 0.29) is 0 Å². The topological polar surface area (TPSA) is 38.1 Å². The van der Waals surface area contributed by atoms with Gasteiger partial charge in [0.05, 0.1) is 5.69 Å². The summed E-state index contributed by atoms with van der Waals surface area (Å²) in [5.74, 6) is 1.76. The molecular formula is C10H12N2O. The minimum Gasteiger partial charge on any atom is -0.356 e. The molecule has 1 fully saturated rings. The van der Waals surface area contributed by atoms with Crippen LogP contribution < -0.4 is 5.32 Å². The maximum absolute atomic E-state index is 5.23. The molecule has 68 valence electrons. The fourth-order valence-electron chi connectivity index (χ4n) is 2.08. The Morgan fingerprint density at radius 2 is 2.54 bits per heavy atom. The van der Waals surface area contributed by atoms with Crippen LogP contribution in [0.2, 0.25) is 0 Å². The molecule has 2 atom stereocenters. The molecule has 3 nitrogen and oxygen atoms in total. The largest absolute Gasteiger partial charge is 0.356 e. The van der Waals surface area contributed by atoms with Gasteiger partial charge in [0.25, 0.3) is 0 Å². The number of nitrogens with zero attached hydrogens (tertiary/aromatic N) is 1. The molecule has 1 saturated heterocycles. The van der Waals surface area contributed by atoms with Gasteiger partial charge in [0.15, 0.2) is 5.76 Å². The Hall–Kier alpha value is -1.09. The summed E-state index contributed by atoms with van der Waals surface area (Å²) >= 11 is 0. The highest BCUT2D eigenvalue weighted by Gasteiger charge is 2.35. The van der Waals surface area contributed by atoms with E-state index in [1.807, 2.05) is 13.0 Å². The van der Waals surface area contributed by atoms with Gasteiger partial charge >= 0.3 is 0 Å². The maximum Gasteiger partial charge on any atom is 0.162 e. The zero-order valence-electron chi connectivity index (χ0n) is 7.58. The second-order valence-corrected chi connectivity index (χ2v) is 3.92. The van der Waals surface area contributed by atoms with Crippen molar-refractivity contribution in [3.63, 3.8) is 0 Å². The second kappa shape index (κ2) is 2.45. The van der Waals surface area contributed by atoms with Gasteiger partial charge in [-0.3, -0.25) is 0 Å². The van der Waals surface area contributed by atoms with E-state index >= 15 is 0 Å². The van der Waals surface area contributed by atoms with Crippen LogP contribution in [0.4, 0.5) is 0 Å². The molecule has 13 heavy (non-hydrogen) atoms. The average Bonchev–Trinajstić information content (AvgIpc) is 2.59. The van der Waals surface area contributed by atoms with Gasteiger partial charge in [0.2, 0.25) is 0 Å². The first-order valence-corrected chi connectivity index (χ1v) is 4.71. The van der Waals surface area contributed by atoms with Crippen LogP contribution in [0.3, 0.4) is 0 Å². The Morgan fingerprint density at radius 1 is 1.62 bits per heavy atom. The Kier molecular flexibility index (Phi) is 1.38. The highest BCUT2D eigenvalue weighted by atomic mass is 16.5. The van der Waals surface area contributed by atoms with E-state index < -0.39 is 0 Å². The fourth-order valence-corrected chi connectivity index (χ4v) is 2.08. The van der Waals surface area contributed by atoms with E-state index in [1.165, 1.54) is 5.57 Å². The van der Waals surface area contributed by atoms with Gasteiger partial charge in [-0.15, -0.1) is 0 Å². The summed E-state index contributed by atoms with van der Waals surface area (Å²) in [6.45, 7) is 3.10. The standard InChI is InChI=1S/C10H12N2O/c1-6-2-10(13-12-6)7-3-8-5-11-9(8)4-7/h2,4,8-9,11H,3,5H2,1H3/t8-,9-/m0/s1. The van der Waals surface area contributed by atoms with Gasteiger partial charge in [0.1, 0.15) is 0 Å². The van der Waals surface area contributed by atoms with Gasteiger partial charge in [-0.1, -0.05) is 11.2 Å². The van der Waals surface area contributed by atoms with Crippen LogP contribution >= 0.6 is 0 Å². The van der Waals surface area contributed by atoms with Gasteiger partial charge in [-0.05, 0) is 24.8 Å². The van der Waals surface area contributed by atoms with Gasteiger partial charge in [0, 0.05) is 18.7 Å². The van der Waals surface area contributed by atoms with Crippen LogP contribution in [0.1, 0.15) is 17.9 Å². The first kappa shape index (κ1) is 7.33. The van der Waals surface area contributed by atoms with Crippen molar-refractivity contribution in [2.45, 2.75) is 19.4 Å². The molecule has 2 heterocycles. The molecule has 0 saturated carbocycles. The van der Waals surface area contributed by atoms with Crippen LogP contribution in [0.25, 0.3) is 5.57 Å². The summed E-state index contributed by atoms with van der Waals surface area (Å²) in [5.41, 5.74) is 2.28. The SMILES string of the molecule is Cc1cc(C2=C[C@@H]3NC[C@@H]3C2)on1. The molecular weight excluding hydrogens is 164 g/mol. The number of nitrogens with one attached hydrogen (secondary N) is 1. The van der Waals surface area contributed by atoms with E-state index in [0.717, 1.165) is 30.3 Å². The molecule has 0 radical (unpaired) electrons. The van der Waals surface area contributed by atoms with Crippen molar-refractivity contribution in [1.82, 2.24) is 10.5 Å². The second-order valence-electron chi connectivity index (χ2n) is 3.92. The van der Waals surface area contributed by atoms with Crippen molar-refractivity contribution < 1.29 is 4.52 Å². The van der Waals surface area contributed by atoms with Crippen molar-refractivity contribution in [2.24, 2.45) is 5.92 Å². The van der Waals surface area contributed by atoms with E-state index in [1.54, 1.807) is 0 Å². The van der Waals surface area contributed by atoms with Crippen molar-refractivity contribution >= 4 is 5.57 Å². The molecule has 0 aromatic carbocycles. The summed E-state index contributed by atoms with van der Waals surface area (Å²) in [4.78, 5) is 0. The molecule has 0 amide bonds. The van der Waals surface area contributed by atoms with Crippen molar-refractivity contribution in [1.29, 1.82) is 0 Å². The minimum absolute atomic E-state index is 0.598. The Labute approximate surface area is 76.8 Å². The van der Waals surface area contributed by atoms with Crippen LogP contribution in [-0.2, 0) is 0 Å². The molecule has 1 aliphatic carbocycles. The van der Waals surface area contributed by atoms with Gasteiger partial charge in [-0.25, -0.2) is 0 Å². The number of allylic oxidation sites excluding steroid dienone is 1. The molecule has 1 N–H and O–H groups in total. The minimum atomic E-state index is 0.598. The smallest absolute Gasteiger partial charge is 0.162 e. The van der Waals surface area contributed by atoms with Gasteiger partial charge < -0.3 is 9.84 Å². The number of rotatable bonds is 1. The quantitative estimate of drug-likeness (QED) is 0.702. The lowest BCUT2D eigenvalue weighted by Gasteiger charge is -2.31. The lowest BCUT2D eigenvalue weighted by Crippen LogP contribution is -2.49. The molecule has 0 unspecified atom stereocenters. The summed E-state index contributed by atoms with van der Waals surface area (Å²) in [7, 11) is 0. The summed E-state index contributed by atoms with van der Waals surface area (Å²) in [6, 6.07) is 2.61. The summed E-state index contributed by atoms with van der Waals surface area (Å²) < 4.78 is 5.23. The number of aromatic nitrogens is 1. The average molecular weight is 176 g/mol. The van der Waals surface area contributed by atoms with E-state index in [2.05, 4.69) is 16.5 Å². The first-order valence-electron chi connectivity index (χ1n) is 4.71. The lowest BCUT2D eigenvalue weighted by molar-refractivity contribution is 0.300. The number of fused-ring (bicyclic) bond motifs is 1. The first-order chi connectivity index (χ1) is 6.33. The predicted octanol–water partition coefficient (Wildman–Crippen LogP) is 1.36. The van der Waals surface area contributed by atoms with E-state index in [9.17, 15) is 0 Å². The van der Waals surface area contributed by atoms with Crippen LogP contribution in [0.5, 0.6) is 0 Å². The Bertz CT molecular complexity index is 367. The summed E-state index contributed by atoms with van der Waals surface area (Å²) in [6.07, 6.45) is 3.42. The molecule has 3 rings (SSSR count). The molecule has 1 aromatic rings. The molecule has 0 bridgehead atoms. The Morgan fingerprint density at radius 3 is 3.00 bits per heavy atom. The number of hydrogen-bond acceptors (Lipinski definition) is 3. The zero-order valence-corrected chi connectivity index (χ0v) is 7.58. The number of hydrogen-bond donors (Lipinski definition) is 1. The third-order valence-corrected chi connectivity index (χ3v) is 2.93. The van der Waals surface area contributed by atoms with Crippen molar-refractivity contribution in [3.05, 3.63) is 23.6 Å². The maximum atomic E-state index is 5.23. The normalized spacial score (nSPS) is 31.0. The van der Waals surface area contributed by atoms with Crippen LogP contribution in [0.15, 0.2) is 16.7 Å². The van der Waals surface area contributed by atoms with Crippen LogP contribution in [-0.4, -0.2) is 17.7 Å². The third-order valence-electron chi connectivity index (χ3n) is 2.93. The Balaban J connectivity index is 1.90. The fraction of sp³-hybridized carbons (Fsp3) is 0.500. The van der Waals surface area contributed by atoms with Crippen LogP contribution in [0, 0.1) is 12.8 Å². The van der Waals surface area contributed by atoms with Gasteiger partial charge in [-0.2, -0.15) is 0 Å². The molecule has 2 aliphatic rings. The monoisotopic (exact) mass is 176 g/mol. The third kappa shape index (κ3) is 1.04. The van der Waals surface area contributed by atoms with E-state index in [4.69, 9.17) is 4.52 Å². The highest BCUT2D eigenvalue weighted by molar-refractivity contribution is 5.65. The lowest BCUT2D eigenvalue weighted by atomic mass is 9.94. The van der Waals surface area contributed by atoms with Crippen molar-refractivity contribution in [3.8, 4) is 0 Å². The highest BCUT2D eigenvalue weighted by Crippen LogP contribution is 2.36. The predicted molar refractivity (Wildman–Crippen MR) is 49.1 cm³/mol. The zero-order chi connectivity index (χ0) is 8.84. The van der Waals surface area contributed by atoms with Crippen molar-refractivity contribution in [2.75, 3.05) is 6.54 Å². The summed E-state index contributed by atoms with van der Waals surface area (Å²) in [5, 5.41) is 7.27. The number of aryl methyl sites for hydroxylation is 1. The van der Waals surface area contributed by atoms with E-state index in [0.29, 0.717) is 6.04 Å². The molecule has 1 aliphatic heterocycles. The molecule has 1 aromatic heterocycles.